The molecule has 3 heterocycles. The van der Waals surface area contributed by atoms with Crippen LogP contribution in [0, 0.1) is 4.77 Å². The summed E-state index contributed by atoms with van der Waals surface area (Å²) >= 11 is 5.73. The molecule has 0 saturated carbocycles. The van der Waals surface area contributed by atoms with Crippen molar-refractivity contribution in [3.05, 3.63) is 111 Å². The van der Waals surface area contributed by atoms with Gasteiger partial charge in [0.2, 0.25) is 5.88 Å². The lowest BCUT2D eigenvalue weighted by Gasteiger charge is -2.34. The van der Waals surface area contributed by atoms with Gasteiger partial charge in [0.1, 0.15) is 5.56 Å². The number of hydrogen-bond acceptors (Lipinski definition) is 6. The van der Waals surface area contributed by atoms with E-state index in [9.17, 15) is 9.90 Å². The van der Waals surface area contributed by atoms with E-state index in [1.165, 1.54) is 9.13 Å². The molecule has 7 nitrogen and oxygen atoms in total. The van der Waals surface area contributed by atoms with Gasteiger partial charge in [0, 0.05) is 18.9 Å². The van der Waals surface area contributed by atoms with Crippen LogP contribution in [0.2, 0.25) is 0 Å². The molecule has 1 aliphatic rings. The minimum atomic E-state index is -0.410. The maximum atomic E-state index is 13.8. The first-order valence-corrected chi connectivity index (χ1v) is 12.4. The number of hydrogen-bond donors (Lipinski definition) is 1. The monoisotopic (exact) mass is 497 g/mol. The highest BCUT2D eigenvalue weighted by molar-refractivity contribution is 7.71. The summed E-state index contributed by atoms with van der Waals surface area (Å²) in [7, 11) is 0. The number of aromatic nitrogens is 3. The summed E-state index contributed by atoms with van der Waals surface area (Å²) in [4.78, 5) is 18.1. The van der Waals surface area contributed by atoms with Crippen LogP contribution in [0.5, 0.6) is 5.88 Å². The van der Waals surface area contributed by atoms with E-state index in [0.29, 0.717) is 17.1 Å². The van der Waals surface area contributed by atoms with E-state index in [0.717, 1.165) is 31.4 Å². The second-order valence-corrected chi connectivity index (χ2v) is 9.14. The Morgan fingerprint density at radius 3 is 2.28 bits per heavy atom. The van der Waals surface area contributed by atoms with Crippen molar-refractivity contribution in [3.8, 4) is 17.3 Å². The summed E-state index contributed by atoms with van der Waals surface area (Å²) in [5, 5.41) is 18.3. The van der Waals surface area contributed by atoms with Crippen LogP contribution in [0.15, 0.2) is 95.1 Å². The minimum Gasteiger partial charge on any atom is -0.494 e. The van der Waals surface area contributed by atoms with Gasteiger partial charge in [-0.3, -0.25) is 23.9 Å². The first-order chi connectivity index (χ1) is 17.6. The lowest BCUT2D eigenvalue weighted by atomic mass is 9.98. The molecule has 0 amide bonds. The first kappa shape index (κ1) is 23.7. The van der Waals surface area contributed by atoms with Gasteiger partial charge in [0.05, 0.1) is 23.1 Å². The van der Waals surface area contributed by atoms with Crippen molar-refractivity contribution in [1.82, 2.24) is 19.1 Å². The summed E-state index contributed by atoms with van der Waals surface area (Å²) < 4.78 is 3.15. The Balaban J connectivity index is 1.70. The molecule has 1 aliphatic heterocycles. The fourth-order valence-electron chi connectivity index (χ4n) is 4.72. The van der Waals surface area contributed by atoms with Gasteiger partial charge in [-0.15, -0.1) is 0 Å². The number of piperidine rings is 1. The molecular formula is C28H27N5O2S. The zero-order valence-corrected chi connectivity index (χ0v) is 20.8. The van der Waals surface area contributed by atoms with Crippen LogP contribution < -0.4 is 5.56 Å². The zero-order chi connectivity index (χ0) is 25.1. The smallest absolute Gasteiger partial charge is 0.272 e. The lowest BCUT2D eigenvalue weighted by Crippen LogP contribution is -2.33. The van der Waals surface area contributed by atoms with Crippen LogP contribution in [0.1, 0.15) is 43.4 Å². The van der Waals surface area contributed by atoms with Crippen LogP contribution in [-0.4, -0.2) is 36.5 Å². The fourth-order valence-corrected chi connectivity index (χ4v) is 5.10. The highest BCUT2D eigenvalue weighted by Crippen LogP contribution is 2.31. The molecule has 2 aromatic carbocycles. The first-order valence-electron chi connectivity index (χ1n) is 12.0. The van der Waals surface area contributed by atoms with E-state index >= 15 is 0 Å². The van der Waals surface area contributed by atoms with E-state index in [2.05, 4.69) is 11.1 Å². The SMILES string of the molecule is CC(=NN1CCCC[C@@H]1c1cccnc1)c1c(O)n(-c2ccccc2)c(=S)n(-c2ccccc2)c1=O. The lowest BCUT2D eigenvalue weighted by molar-refractivity contribution is 0.155. The van der Waals surface area contributed by atoms with Gasteiger partial charge in [-0.1, -0.05) is 42.5 Å². The third-order valence-corrected chi connectivity index (χ3v) is 6.81. The quantitative estimate of drug-likeness (QED) is 0.295. The topological polar surface area (TPSA) is 75.7 Å². The maximum Gasteiger partial charge on any atom is 0.272 e. The Morgan fingerprint density at radius 1 is 0.972 bits per heavy atom. The zero-order valence-electron chi connectivity index (χ0n) is 20.0. The second kappa shape index (κ2) is 10.3. The maximum absolute atomic E-state index is 13.8. The Hall–Kier alpha value is -4.04. The van der Waals surface area contributed by atoms with Gasteiger partial charge < -0.3 is 5.11 Å². The molecule has 0 bridgehead atoms. The van der Waals surface area contributed by atoms with Crippen LogP contribution in [0.4, 0.5) is 0 Å². The van der Waals surface area contributed by atoms with E-state index < -0.39 is 5.56 Å². The molecule has 0 unspecified atom stereocenters. The third kappa shape index (κ3) is 4.47. The van der Waals surface area contributed by atoms with Gasteiger partial charge in [-0.2, -0.15) is 5.10 Å². The standard InChI is InChI=1S/C28H27N5O2S/c1-20(30-31-18-9-8-16-24(31)21-11-10-17-29-19-21)25-26(34)32(22-12-4-2-5-13-22)28(36)33(27(25)35)23-14-6-3-7-15-23/h2-7,10-15,17,19,24,34H,8-9,16,18H2,1H3/t24-/m1/s1. The molecule has 0 aliphatic carbocycles. The van der Waals surface area contributed by atoms with Crippen molar-refractivity contribution in [2.24, 2.45) is 5.10 Å². The average Bonchev–Trinajstić information content (AvgIpc) is 2.91. The summed E-state index contributed by atoms with van der Waals surface area (Å²) in [5.41, 5.74) is 2.50. The number of aromatic hydroxyl groups is 1. The number of pyridine rings is 1. The summed E-state index contributed by atoms with van der Waals surface area (Å²) in [6.45, 7) is 2.52. The molecule has 0 radical (unpaired) electrons. The Bertz CT molecular complexity index is 1500. The minimum absolute atomic E-state index is 0.0559. The Labute approximate surface area is 214 Å². The molecule has 36 heavy (non-hydrogen) atoms. The molecule has 0 spiro atoms. The Morgan fingerprint density at radius 2 is 1.64 bits per heavy atom. The fraction of sp³-hybridized carbons (Fsp3) is 0.214. The van der Waals surface area contributed by atoms with Crippen molar-refractivity contribution in [2.75, 3.05) is 6.54 Å². The summed E-state index contributed by atoms with van der Waals surface area (Å²) in [5.74, 6) is -0.223. The van der Waals surface area contributed by atoms with Gasteiger partial charge in [0.25, 0.3) is 5.56 Å². The molecule has 1 atom stereocenters. The molecule has 1 fully saturated rings. The normalized spacial score (nSPS) is 16.2. The predicted molar refractivity (Wildman–Crippen MR) is 144 cm³/mol. The molecular weight excluding hydrogens is 470 g/mol. The summed E-state index contributed by atoms with van der Waals surface area (Å²) in [6.07, 6.45) is 6.66. The molecule has 1 N–H and O–H groups in total. The second-order valence-electron chi connectivity index (χ2n) is 8.77. The molecule has 182 valence electrons. The number of benzene rings is 2. The van der Waals surface area contributed by atoms with Crippen LogP contribution in [0.25, 0.3) is 11.4 Å². The van der Waals surface area contributed by atoms with Gasteiger partial charge in [-0.05, 0) is 74.3 Å². The third-order valence-electron chi connectivity index (χ3n) is 6.45. The van der Waals surface area contributed by atoms with E-state index in [4.69, 9.17) is 17.3 Å². The Kier molecular flexibility index (Phi) is 6.77. The highest BCUT2D eigenvalue weighted by atomic mass is 32.1. The summed E-state index contributed by atoms with van der Waals surface area (Å²) in [6, 6.07) is 22.6. The highest BCUT2D eigenvalue weighted by Gasteiger charge is 2.26. The van der Waals surface area contributed by atoms with Gasteiger partial charge in [0.15, 0.2) is 4.77 Å². The van der Waals surface area contributed by atoms with Crippen molar-refractivity contribution in [1.29, 1.82) is 0 Å². The van der Waals surface area contributed by atoms with Crippen molar-refractivity contribution in [2.45, 2.75) is 32.2 Å². The van der Waals surface area contributed by atoms with Crippen molar-refractivity contribution >= 4 is 17.9 Å². The molecule has 2 aromatic heterocycles. The van der Waals surface area contributed by atoms with Crippen LogP contribution >= 0.6 is 12.2 Å². The van der Waals surface area contributed by atoms with Crippen molar-refractivity contribution in [3.63, 3.8) is 0 Å². The largest absolute Gasteiger partial charge is 0.494 e. The van der Waals surface area contributed by atoms with Crippen LogP contribution in [-0.2, 0) is 0 Å². The number of rotatable bonds is 5. The van der Waals surface area contributed by atoms with Gasteiger partial charge >= 0.3 is 0 Å². The molecule has 8 heteroatoms. The van der Waals surface area contributed by atoms with Gasteiger partial charge in [-0.25, -0.2) is 0 Å². The van der Waals surface area contributed by atoms with Crippen molar-refractivity contribution < 1.29 is 5.11 Å². The van der Waals surface area contributed by atoms with Crippen LogP contribution in [0.3, 0.4) is 0 Å². The number of para-hydroxylation sites is 2. The molecule has 1 saturated heterocycles. The number of hydrazone groups is 1. The predicted octanol–water partition coefficient (Wildman–Crippen LogP) is 5.41. The van der Waals surface area contributed by atoms with E-state index in [1.54, 1.807) is 13.1 Å². The molecule has 4 aromatic rings. The van der Waals surface area contributed by atoms with E-state index in [1.807, 2.05) is 77.9 Å². The van der Waals surface area contributed by atoms with E-state index in [-0.39, 0.29) is 22.3 Å². The molecule has 5 rings (SSSR count). The number of nitrogens with zero attached hydrogens (tertiary/aromatic N) is 5. The average molecular weight is 498 g/mol.